The van der Waals surface area contributed by atoms with Gasteiger partial charge in [-0.3, -0.25) is 0 Å². The molecule has 0 unspecified atom stereocenters. The molecule has 0 saturated carbocycles. The van der Waals surface area contributed by atoms with Gasteiger partial charge in [0.25, 0.3) is 0 Å². The number of nitrogens with two attached hydrogens (primary N) is 1. The van der Waals surface area contributed by atoms with Crippen molar-refractivity contribution in [2.24, 2.45) is 0 Å². The van der Waals surface area contributed by atoms with Crippen molar-refractivity contribution in [3.8, 4) is 0 Å². The Kier molecular flexibility index (Phi) is 3.66. The van der Waals surface area contributed by atoms with Gasteiger partial charge in [-0.25, -0.2) is 4.79 Å². The van der Waals surface area contributed by atoms with Gasteiger partial charge in [0.05, 0.1) is 36.3 Å². The predicted octanol–water partition coefficient (Wildman–Crippen LogP) is 1.67. The molecule has 19 heavy (non-hydrogen) atoms. The number of rotatable bonds is 2. The molecule has 0 aliphatic carbocycles. The molecule has 0 atom stereocenters. The summed E-state index contributed by atoms with van der Waals surface area (Å²) in [6.07, 6.45) is 0. The molecular formula is C14H20N2O3. The molecule has 0 bridgehead atoms. The molecule has 1 aliphatic rings. The van der Waals surface area contributed by atoms with Crippen molar-refractivity contribution in [2.45, 2.75) is 19.4 Å². The normalized spacial score (nSPS) is 18.2. The average molecular weight is 264 g/mol. The first-order valence-electron chi connectivity index (χ1n) is 6.30. The largest absolute Gasteiger partial charge is 0.465 e. The number of methoxy groups -OCH3 is 1. The molecule has 1 saturated heterocycles. The van der Waals surface area contributed by atoms with Crippen LogP contribution in [0.4, 0.5) is 11.4 Å². The molecule has 1 fully saturated rings. The second-order valence-corrected chi connectivity index (χ2v) is 5.29. The van der Waals surface area contributed by atoms with Gasteiger partial charge >= 0.3 is 5.97 Å². The molecule has 2 rings (SSSR count). The van der Waals surface area contributed by atoms with Crippen LogP contribution >= 0.6 is 0 Å². The van der Waals surface area contributed by atoms with E-state index in [0.717, 1.165) is 18.8 Å². The minimum absolute atomic E-state index is 0.216. The van der Waals surface area contributed by atoms with E-state index in [-0.39, 0.29) is 11.6 Å². The van der Waals surface area contributed by atoms with Crippen LogP contribution in [-0.2, 0) is 9.47 Å². The molecule has 0 spiro atoms. The fourth-order valence-electron chi connectivity index (χ4n) is 2.28. The third kappa shape index (κ3) is 2.98. The lowest BCUT2D eigenvalue weighted by Crippen LogP contribution is -2.48. The van der Waals surface area contributed by atoms with Gasteiger partial charge in [0, 0.05) is 13.1 Å². The summed E-state index contributed by atoms with van der Waals surface area (Å²) in [4.78, 5) is 13.7. The van der Waals surface area contributed by atoms with Crippen LogP contribution in [0.25, 0.3) is 0 Å². The van der Waals surface area contributed by atoms with Gasteiger partial charge in [-0.2, -0.15) is 0 Å². The highest BCUT2D eigenvalue weighted by atomic mass is 16.5. The van der Waals surface area contributed by atoms with E-state index in [9.17, 15) is 4.79 Å². The highest BCUT2D eigenvalue weighted by Gasteiger charge is 2.28. The fraction of sp³-hybridized carbons (Fsp3) is 0.500. The number of nitrogens with zero attached hydrogens (tertiary/aromatic N) is 1. The smallest absolute Gasteiger partial charge is 0.337 e. The molecule has 1 aromatic carbocycles. The number of morpholine rings is 1. The molecule has 0 aromatic heterocycles. The number of benzene rings is 1. The molecule has 1 aliphatic heterocycles. The third-order valence-electron chi connectivity index (χ3n) is 3.22. The first-order valence-corrected chi connectivity index (χ1v) is 6.30. The maximum atomic E-state index is 11.6. The molecule has 0 amide bonds. The van der Waals surface area contributed by atoms with E-state index in [0.29, 0.717) is 17.9 Å². The van der Waals surface area contributed by atoms with E-state index in [1.165, 1.54) is 7.11 Å². The monoisotopic (exact) mass is 264 g/mol. The SMILES string of the molecule is COC(=O)c1ccc(N)c(N2CCOC(C)(C)C2)c1. The van der Waals surface area contributed by atoms with Gasteiger partial charge in [0.2, 0.25) is 0 Å². The number of ether oxygens (including phenoxy) is 2. The maximum Gasteiger partial charge on any atom is 0.337 e. The van der Waals surface area contributed by atoms with Crippen molar-refractivity contribution in [1.82, 2.24) is 0 Å². The fourth-order valence-corrected chi connectivity index (χ4v) is 2.28. The average Bonchev–Trinajstić information content (AvgIpc) is 2.37. The van der Waals surface area contributed by atoms with Crippen LogP contribution < -0.4 is 10.6 Å². The summed E-state index contributed by atoms with van der Waals surface area (Å²) < 4.78 is 10.4. The Morgan fingerprint density at radius 1 is 1.47 bits per heavy atom. The van der Waals surface area contributed by atoms with Crippen molar-refractivity contribution >= 4 is 17.3 Å². The van der Waals surface area contributed by atoms with Gasteiger partial charge in [-0.05, 0) is 32.0 Å². The van der Waals surface area contributed by atoms with Crippen molar-refractivity contribution in [2.75, 3.05) is 37.4 Å². The second-order valence-electron chi connectivity index (χ2n) is 5.29. The van der Waals surface area contributed by atoms with Crippen LogP contribution in [-0.4, -0.2) is 38.4 Å². The Hall–Kier alpha value is -1.75. The van der Waals surface area contributed by atoms with E-state index < -0.39 is 0 Å². The molecule has 2 N–H and O–H groups in total. The number of esters is 1. The van der Waals surface area contributed by atoms with Crippen LogP contribution in [0.15, 0.2) is 18.2 Å². The summed E-state index contributed by atoms with van der Waals surface area (Å²) >= 11 is 0. The topological polar surface area (TPSA) is 64.8 Å². The molecular weight excluding hydrogens is 244 g/mol. The summed E-state index contributed by atoms with van der Waals surface area (Å²) in [5.41, 5.74) is 7.83. The summed E-state index contributed by atoms with van der Waals surface area (Å²) in [6, 6.07) is 5.20. The zero-order valence-corrected chi connectivity index (χ0v) is 11.6. The van der Waals surface area contributed by atoms with Gasteiger partial charge in [0.15, 0.2) is 0 Å². The minimum atomic E-state index is -0.353. The lowest BCUT2D eigenvalue weighted by Gasteiger charge is -2.40. The summed E-state index contributed by atoms with van der Waals surface area (Å²) in [5, 5.41) is 0. The van der Waals surface area contributed by atoms with Crippen LogP contribution in [0.3, 0.4) is 0 Å². The molecule has 5 nitrogen and oxygen atoms in total. The van der Waals surface area contributed by atoms with Gasteiger partial charge in [-0.15, -0.1) is 0 Å². The predicted molar refractivity (Wildman–Crippen MR) is 74.4 cm³/mol. The molecule has 0 radical (unpaired) electrons. The summed E-state index contributed by atoms with van der Waals surface area (Å²) in [6.45, 7) is 6.23. The van der Waals surface area contributed by atoms with Crippen LogP contribution in [0.2, 0.25) is 0 Å². The number of hydrogen-bond acceptors (Lipinski definition) is 5. The lowest BCUT2D eigenvalue weighted by atomic mass is 10.1. The van der Waals surface area contributed by atoms with Gasteiger partial charge in [-0.1, -0.05) is 0 Å². The van der Waals surface area contributed by atoms with E-state index in [1.807, 2.05) is 13.8 Å². The van der Waals surface area contributed by atoms with E-state index in [2.05, 4.69) is 4.90 Å². The van der Waals surface area contributed by atoms with Crippen LogP contribution in [0, 0.1) is 0 Å². The lowest BCUT2D eigenvalue weighted by molar-refractivity contribution is -0.0276. The van der Waals surface area contributed by atoms with Crippen molar-refractivity contribution in [3.05, 3.63) is 23.8 Å². The first kappa shape index (κ1) is 13.7. The van der Waals surface area contributed by atoms with Crippen molar-refractivity contribution < 1.29 is 14.3 Å². The molecule has 5 heteroatoms. The zero-order valence-electron chi connectivity index (χ0n) is 11.6. The zero-order chi connectivity index (χ0) is 14.0. The second kappa shape index (κ2) is 5.09. The third-order valence-corrected chi connectivity index (χ3v) is 3.22. The Labute approximate surface area is 113 Å². The summed E-state index contributed by atoms with van der Waals surface area (Å²) in [5.74, 6) is -0.353. The van der Waals surface area contributed by atoms with Gasteiger partial charge in [0.1, 0.15) is 0 Å². The first-order chi connectivity index (χ1) is 8.93. The maximum absolute atomic E-state index is 11.6. The number of anilines is 2. The number of nitrogen functional groups attached to an aromatic ring is 1. The molecule has 1 heterocycles. The van der Waals surface area contributed by atoms with Gasteiger partial charge < -0.3 is 20.1 Å². The quantitative estimate of drug-likeness (QED) is 0.650. The summed E-state index contributed by atoms with van der Waals surface area (Å²) in [7, 11) is 1.37. The number of hydrogen-bond donors (Lipinski definition) is 1. The standard InChI is InChI=1S/C14H20N2O3/c1-14(2)9-16(6-7-19-14)12-8-10(13(17)18-3)4-5-11(12)15/h4-5,8H,6-7,9,15H2,1-3H3. The Balaban J connectivity index is 2.30. The van der Waals surface area contributed by atoms with E-state index >= 15 is 0 Å². The molecule has 104 valence electrons. The Morgan fingerprint density at radius 2 is 2.21 bits per heavy atom. The van der Waals surface area contributed by atoms with E-state index in [1.54, 1.807) is 18.2 Å². The van der Waals surface area contributed by atoms with E-state index in [4.69, 9.17) is 15.2 Å². The minimum Gasteiger partial charge on any atom is -0.465 e. The Bertz CT molecular complexity index is 486. The highest BCUT2D eigenvalue weighted by molar-refractivity contribution is 5.92. The number of carbonyl (C=O) groups excluding carboxylic acids is 1. The van der Waals surface area contributed by atoms with Crippen molar-refractivity contribution in [3.63, 3.8) is 0 Å². The van der Waals surface area contributed by atoms with Crippen LogP contribution in [0.1, 0.15) is 24.2 Å². The highest BCUT2D eigenvalue weighted by Crippen LogP contribution is 2.29. The number of carbonyl (C=O) groups is 1. The van der Waals surface area contributed by atoms with Crippen molar-refractivity contribution in [1.29, 1.82) is 0 Å². The molecule has 1 aromatic rings. The Morgan fingerprint density at radius 3 is 2.84 bits per heavy atom. The van der Waals surface area contributed by atoms with Crippen LogP contribution in [0.5, 0.6) is 0 Å².